The van der Waals surface area contributed by atoms with E-state index in [4.69, 9.17) is 39.6 Å². The molecule has 3 aliphatic rings. The first-order valence-electron chi connectivity index (χ1n) is 21.2. The van der Waals surface area contributed by atoms with Crippen LogP contribution in [0.25, 0.3) is 21.8 Å². The summed E-state index contributed by atoms with van der Waals surface area (Å²) in [6.07, 6.45) is -1.19. The number of nitrogens with zero attached hydrogens (tertiary/aromatic N) is 1. The van der Waals surface area contributed by atoms with Gasteiger partial charge in [-0.25, -0.2) is 4.79 Å². The van der Waals surface area contributed by atoms with Gasteiger partial charge in [-0.15, -0.1) is 27.1 Å². The second-order valence-electron chi connectivity index (χ2n) is 16.1. The van der Waals surface area contributed by atoms with Crippen molar-refractivity contribution in [3.8, 4) is 23.7 Å². The lowest BCUT2D eigenvalue weighted by atomic mass is 9.82. The summed E-state index contributed by atoms with van der Waals surface area (Å²) in [5.74, 6) is 10.7. The van der Waals surface area contributed by atoms with Crippen LogP contribution in [0.15, 0.2) is 65.5 Å². The molecule has 11 atom stereocenters. The summed E-state index contributed by atoms with van der Waals surface area (Å²) in [5.41, 5.74) is 1.44. The molecular formula is C47H55IN4O11S3. The first kappa shape index (κ1) is 51.8. The summed E-state index contributed by atoms with van der Waals surface area (Å²) in [4.78, 5) is 50.0. The molecule has 0 spiro atoms. The number of carbonyl (C=O) groups excluding carboxylic acids is 3. The second kappa shape index (κ2) is 23.2. The number of Topliss-reactive ketones (excluding diaryl/α,β-unsaturated/α-hetero) is 2. The molecule has 1 aliphatic carbocycles. The molecule has 354 valence electrons. The first-order valence-corrected chi connectivity index (χ1v) is 26.2. The average Bonchev–Trinajstić information content (AvgIpc) is 3.65. The molecule has 2 saturated heterocycles. The third kappa shape index (κ3) is 11.3. The van der Waals surface area contributed by atoms with Gasteiger partial charge in [-0.1, -0.05) is 54.9 Å². The Kier molecular flexibility index (Phi) is 18.2. The van der Waals surface area contributed by atoms with Crippen LogP contribution in [-0.4, -0.2) is 143 Å². The molecule has 4 heterocycles. The summed E-state index contributed by atoms with van der Waals surface area (Å²) in [6, 6.07) is 7.72. The summed E-state index contributed by atoms with van der Waals surface area (Å²) in [7, 11) is 2.19. The van der Waals surface area contributed by atoms with Crippen molar-refractivity contribution in [3.63, 3.8) is 0 Å². The quantitative estimate of drug-likeness (QED) is 0.0840. The number of benzene rings is 1. The molecule has 5 N–H and O–H groups in total. The number of aliphatic hydroxyl groups is 2. The number of aromatic nitrogens is 2. The van der Waals surface area contributed by atoms with Gasteiger partial charge in [-0.05, 0) is 84.9 Å². The number of thioether (sulfide) groups is 1. The Morgan fingerprint density at radius 1 is 1.20 bits per heavy atom. The van der Waals surface area contributed by atoms with Crippen molar-refractivity contribution in [3.05, 3.63) is 74.8 Å². The molecule has 66 heavy (non-hydrogen) atoms. The van der Waals surface area contributed by atoms with Crippen LogP contribution in [0.3, 0.4) is 0 Å². The highest BCUT2D eigenvalue weighted by atomic mass is 127. The molecule has 0 saturated carbocycles. The molecule has 2 aromatic heterocycles. The van der Waals surface area contributed by atoms with E-state index in [2.05, 4.69) is 66.9 Å². The number of pyridine rings is 1. The van der Waals surface area contributed by atoms with Gasteiger partial charge >= 0.3 is 6.09 Å². The van der Waals surface area contributed by atoms with E-state index >= 15 is 4.79 Å². The highest BCUT2D eigenvalue weighted by molar-refractivity contribution is 14.1. The molecule has 19 heteroatoms. The zero-order valence-electron chi connectivity index (χ0n) is 37.8. The molecule has 3 aromatic rings. The fraction of sp³-hybridized carbons (Fsp3) is 0.489. The predicted octanol–water partition coefficient (Wildman–Crippen LogP) is 4.77. The minimum Gasteiger partial charge on any atom is -0.453 e. The fourth-order valence-electron chi connectivity index (χ4n) is 8.46. The third-order valence-electron chi connectivity index (χ3n) is 11.5. The van der Waals surface area contributed by atoms with E-state index < -0.39 is 75.0 Å². The number of nitrogens with one attached hydrogen (secondary N) is 3. The number of ether oxygens (including phenoxy) is 6. The lowest BCUT2D eigenvalue weighted by molar-refractivity contribution is -0.323. The maximum atomic E-state index is 15.4. The summed E-state index contributed by atoms with van der Waals surface area (Å²) >= 11 is 8.82. The largest absolute Gasteiger partial charge is 0.453 e. The number of rotatable bonds is 14. The van der Waals surface area contributed by atoms with Crippen LogP contribution in [0.2, 0.25) is 0 Å². The van der Waals surface area contributed by atoms with Crippen molar-refractivity contribution in [2.75, 3.05) is 39.1 Å². The van der Waals surface area contributed by atoms with E-state index in [0.29, 0.717) is 11.3 Å². The van der Waals surface area contributed by atoms with Gasteiger partial charge in [-0.3, -0.25) is 19.9 Å². The minimum absolute atomic E-state index is 0.0228. The molecule has 2 aliphatic heterocycles. The minimum atomic E-state index is -1.75. The maximum Gasteiger partial charge on any atom is 0.411 e. The number of ketones is 2. The summed E-state index contributed by atoms with van der Waals surface area (Å²) in [5, 5.41) is 32.1. The average molecular weight is 1080 g/mol. The number of H-pyrrole nitrogens is 1. The zero-order chi connectivity index (χ0) is 47.9. The van der Waals surface area contributed by atoms with Gasteiger partial charge in [0.2, 0.25) is 5.78 Å². The van der Waals surface area contributed by atoms with Crippen LogP contribution in [0.1, 0.15) is 51.0 Å². The lowest BCUT2D eigenvalue weighted by Crippen LogP contribution is -2.68. The van der Waals surface area contributed by atoms with Crippen molar-refractivity contribution < 1.29 is 53.0 Å². The van der Waals surface area contributed by atoms with Crippen molar-refractivity contribution >= 4 is 94.5 Å². The molecule has 1 aromatic carbocycles. The Morgan fingerprint density at radius 2 is 1.95 bits per heavy atom. The zero-order valence-corrected chi connectivity index (χ0v) is 42.4. The molecule has 6 rings (SSSR count). The molecule has 0 radical (unpaired) electrons. The van der Waals surface area contributed by atoms with Gasteiger partial charge in [0.25, 0.3) is 0 Å². The Morgan fingerprint density at radius 3 is 2.64 bits per heavy atom. The van der Waals surface area contributed by atoms with E-state index in [1.165, 1.54) is 12.2 Å². The van der Waals surface area contributed by atoms with Crippen LogP contribution in [0.5, 0.6) is 0 Å². The fourth-order valence-corrected chi connectivity index (χ4v) is 10.6. The van der Waals surface area contributed by atoms with Crippen molar-refractivity contribution in [1.29, 1.82) is 0 Å². The number of aliphatic hydroxyl groups excluding tert-OH is 2. The standard InChI is InChI=1S/C47H55IN4O11S3/c1-9-10-11-12-13-14-35(38-30(18-20-66(8)64)33(53)22-34(54)40(38)52-46(57)59-6)62-45-42(63-37-23-36(58-5)32(24-60-37)50-25(2)3)44(56)47(65-7,26(4)61-45)43(55)41-39-29(17-19-49-41)28-16-15-27(48)21-31(28)51-39/h11-12,15-19,21,25-26,32-33,35-37,42,44-45,50-51,53,56H,20,22-24H2,1-8H3,(H,52,57)/b12-11-,30-18-/t26?,32?,33-,35-,36?,37?,42?,44?,45?,47?,66?/m0/s1. The van der Waals surface area contributed by atoms with Crippen molar-refractivity contribution in [2.45, 2.75) is 107 Å². The Balaban J connectivity index is 1.50. The smallest absolute Gasteiger partial charge is 0.411 e. The van der Waals surface area contributed by atoms with Crippen molar-refractivity contribution in [2.24, 2.45) is 0 Å². The number of hydrogen-bond acceptors (Lipinski definition) is 15. The van der Waals surface area contributed by atoms with Crippen LogP contribution in [0, 0.1) is 27.3 Å². The normalized spacial score (nSPS) is 28.5. The number of allylic oxidation sites excluding steroid dienone is 3. The number of carbonyl (C=O) groups is 3. The molecular weight excluding hydrogens is 1020 g/mol. The van der Waals surface area contributed by atoms with E-state index in [9.17, 15) is 19.8 Å². The maximum absolute atomic E-state index is 15.4. The van der Waals surface area contributed by atoms with Crippen LogP contribution >= 0.6 is 34.4 Å². The number of aromatic amines is 1. The number of alkyl carbamates (subject to hydrolysis) is 1. The number of hydrogen-bond donors (Lipinski definition) is 5. The van der Waals surface area contributed by atoms with Crippen LogP contribution in [-0.2, 0) is 53.9 Å². The monoisotopic (exact) mass is 1070 g/mol. The van der Waals surface area contributed by atoms with Crippen molar-refractivity contribution in [1.82, 2.24) is 20.6 Å². The van der Waals surface area contributed by atoms with Gasteiger partial charge in [0, 0.05) is 63.4 Å². The number of amides is 1. The van der Waals surface area contributed by atoms with E-state index in [-0.39, 0.29) is 60.2 Å². The first-order chi connectivity index (χ1) is 31.6. The van der Waals surface area contributed by atoms with Gasteiger partial charge in [0.05, 0.1) is 49.3 Å². The summed E-state index contributed by atoms with van der Waals surface area (Å²) < 4.78 is 36.6. The Labute approximate surface area is 409 Å². The molecule has 0 bridgehead atoms. The van der Waals surface area contributed by atoms with Gasteiger partial charge in [0.1, 0.15) is 28.8 Å². The van der Waals surface area contributed by atoms with Crippen LogP contribution < -0.4 is 10.6 Å². The predicted molar refractivity (Wildman–Crippen MR) is 266 cm³/mol. The SMILES string of the molecule is CC#C/C=C\C#C[C@H](OC1OC(C)C(SC)(C(=O)c2nccc3c2[nH]c2cc(I)ccc23)C(O)C1OC1CC(OC)C(NC(C)C)CO1)C1=C(NC(=O)OC)C(=O)C[C@H](O)/C1=C/CS(C)=S. The number of methoxy groups -OCH3 is 2. The number of halogens is 1. The highest BCUT2D eigenvalue weighted by Crippen LogP contribution is 2.46. The van der Waals surface area contributed by atoms with Gasteiger partial charge in [-0.2, -0.15) is 0 Å². The van der Waals surface area contributed by atoms with E-state index in [1.54, 1.807) is 39.5 Å². The van der Waals surface area contributed by atoms with E-state index in [0.717, 1.165) is 38.7 Å². The van der Waals surface area contributed by atoms with Crippen LogP contribution in [0.4, 0.5) is 4.79 Å². The number of fused-ring (bicyclic) bond motifs is 3. The Hall–Kier alpha value is -3.55. The lowest BCUT2D eigenvalue weighted by Gasteiger charge is -2.51. The van der Waals surface area contributed by atoms with Gasteiger partial charge < -0.3 is 48.9 Å². The highest BCUT2D eigenvalue weighted by Gasteiger charge is 2.61. The molecule has 2 fully saturated rings. The van der Waals surface area contributed by atoms with E-state index in [1.807, 2.05) is 44.4 Å². The molecule has 1 amide bonds. The third-order valence-corrected chi connectivity index (χ3v) is 14.7. The second-order valence-corrected chi connectivity index (χ2v) is 21.6. The summed E-state index contributed by atoms with van der Waals surface area (Å²) in [6.45, 7) is 7.55. The topological polar surface area (TPSA) is 200 Å². The Bertz CT molecular complexity index is 2560. The molecule has 9 unspecified atom stereocenters. The molecule has 15 nitrogen and oxygen atoms in total. The van der Waals surface area contributed by atoms with Gasteiger partial charge in [0.15, 0.2) is 18.4 Å².